The highest BCUT2D eigenvalue weighted by Gasteiger charge is 2.23. The number of hydrogen-bond acceptors (Lipinski definition) is 7. The maximum atomic E-state index is 10.0. The zero-order valence-corrected chi connectivity index (χ0v) is 22.6. The van der Waals surface area contributed by atoms with Gasteiger partial charge in [-0.05, 0) is 43.0 Å². The first-order chi connectivity index (χ1) is 18.4. The molecule has 2 aliphatic rings. The number of piperazine rings is 1. The number of hydrogen-bond donors (Lipinski definition) is 1. The van der Waals surface area contributed by atoms with Gasteiger partial charge in [0.05, 0.1) is 35.3 Å². The predicted molar refractivity (Wildman–Crippen MR) is 152 cm³/mol. The van der Waals surface area contributed by atoms with Crippen LogP contribution in [-0.4, -0.2) is 76.5 Å². The van der Waals surface area contributed by atoms with E-state index in [2.05, 4.69) is 83.1 Å². The van der Waals surface area contributed by atoms with Crippen LogP contribution >= 0.6 is 0 Å². The second kappa shape index (κ2) is 11.4. The molecule has 3 aromatic heterocycles. The van der Waals surface area contributed by atoms with Gasteiger partial charge < -0.3 is 14.9 Å². The van der Waals surface area contributed by atoms with E-state index in [1.807, 2.05) is 12.4 Å². The number of aliphatic hydroxyl groups excluding tert-OH is 1. The normalized spacial score (nSPS) is 19.3. The van der Waals surface area contributed by atoms with Crippen LogP contribution in [0.4, 0.5) is 11.5 Å². The highest BCUT2D eigenvalue weighted by atomic mass is 16.3. The lowest BCUT2D eigenvalue weighted by atomic mass is 10.0. The van der Waals surface area contributed by atoms with Gasteiger partial charge in [0.15, 0.2) is 0 Å². The number of allylic oxidation sites excluding steroid dienone is 2. The van der Waals surface area contributed by atoms with Gasteiger partial charge in [-0.25, -0.2) is 9.50 Å². The van der Waals surface area contributed by atoms with E-state index in [0.29, 0.717) is 18.0 Å². The first kappa shape index (κ1) is 26.0. The Morgan fingerprint density at radius 2 is 1.97 bits per heavy atom. The summed E-state index contributed by atoms with van der Waals surface area (Å²) < 4.78 is 1.77. The molecule has 0 aliphatic carbocycles. The third-order valence-corrected chi connectivity index (χ3v) is 7.47. The molecule has 38 heavy (non-hydrogen) atoms. The predicted octanol–water partition coefficient (Wildman–Crippen LogP) is 4.12. The minimum Gasteiger partial charge on any atom is -0.391 e. The Balaban J connectivity index is 1.32. The Labute approximate surface area is 225 Å². The Morgan fingerprint density at radius 1 is 1.16 bits per heavy atom. The molecule has 5 heterocycles. The Bertz CT molecular complexity index is 1360. The molecule has 0 aromatic carbocycles. The van der Waals surface area contributed by atoms with E-state index in [-0.39, 0.29) is 6.10 Å². The number of anilines is 2. The van der Waals surface area contributed by atoms with E-state index in [4.69, 9.17) is 4.98 Å². The molecule has 3 aromatic rings. The molecule has 2 fully saturated rings. The fourth-order valence-corrected chi connectivity index (χ4v) is 5.24. The average molecular weight is 512 g/mol. The van der Waals surface area contributed by atoms with Gasteiger partial charge in [-0.3, -0.25) is 4.90 Å². The SMILES string of the molecule is C/C=C(\C=C/C(C)C)CN1CCN(c2ccc(-c3cc(N4CCC(O)C4)cn4ncc(C#N)c34)cn2)CC1. The number of nitriles is 1. The highest BCUT2D eigenvalue weighted by molar-refractivity contribution is 5.86. The monoisotopic (exact) mass is 511 g/mol. The minimum atomic E-state index is -0.316. The van der Waals surface area contributed by atoms with Crippen LogP contribution in [0, 0.1) is 17.2 Å². The summed E-state index contributed by atoms with van der Waals surface area (Å²) in [7, 11) is 0. The van der Waals surface area contributed by atoms with Crippen molar-refractivity contribution in [3.05, 3.63) is 66.2 Å². The van der Waals surface area contributed by atoms with Gasteiger partial charge in [-0.1, -0.05) is 32.1 Å². The summed E-state index contributed by atoms with van der Waals surface area (Å²) in [5.74, 6) is 1.53. The summed E-state index contributed by atoms with van der Waals surface area (Å²) in [5, 5.41) is 24.2. The molecule has 0 bridgehead atoms. The molecule has 1 atom stereocenters. The molecule has 1 N–H and O–H groups in total. The minimum absolute atomic E-state index is 0.316. The summed E-state index contributed by atoms with van der Waals surface area (Å²) >= 11 is 0. The smallest absolute Gasteiger partial charge is 0.128 e. The summed E-state index contributed by atoms with van der Waals surface area (Å²) in [6, 6.07) is 8.55. The molecule has 0 saturated carbocycles. The zero-order chi connectivity index (χ0) is 26.6. The van der Waals surface area contributed by atoms with Crippen LogP contribution in [0.2, 0.25) is 0 Å². The summed E-state index contributed by atoms with van der Waals surface area (Å²) in [4.78, 5) is 11.9. The van der Waals surface area contributed by atoms with Gasteiger partial charge in [-0.15, -0.1) is 0 Å². The van der Waals surface area contributed by atoms with Gasteiger partial charge in [0, 0.05) is 63.1 Å². The van der Waals surface area contributed by atoms with Gasteiger partial charge in [0.1, 0.15) is 11.9 Å². The Morgan fingerprint density at radius 3 is 2.61 bits per heavy atom. The number of fused-ring (bicyclic) bond motifs is 1. The first-order valence-corrected chi connectivity index (χ1v) is 13.6. The number of aromatic nitrogens is 3. The quantitative estimate of drug-likeness (QED) is 0.478. The third-order valence-electron chi connectivity index (χ3n) is 7.47. The highest BCUT2D eigenvalue weighted by Crippen LogP contribution is 2.33. The molecule has 0 amide bonds. The van der Waals surface area contributed by atoms with Crippen molar-refractivity contribution >= 4 is 17.0 Å². The third kappa shape index (κ3) is 5.59. The molecule has 2 saturated heterocycles. The van der Waals surface area contributed by atoms with Crippen LogP contribution in [0.25, 0.3) is 16.6 Å². The number of β-amino-alcohol motifs (C(OH)–C–C–N with tert-alkyl or cyclic N) is 1. The maximum absolute atomic E-state index is 10.0. The van der Waals surface area contributed by atoms with Crippen molar-refractivity contribution in [3.63, 3.8) is 0 Å². The van der Waals surface area contributed by atoms with E-state index in [0.717, 1.165) is 73.8 Å². The Hall–Kier alpha value is -3.67. The van der Waals surface area contributed by atoms with Gasteiger partial charge in [0.25, 0.3) is 0 Å². The molecule has 5 rings (SSSR count). The largest absolute Gasteiger partial charge is 0.391 e. The molecular formula is C30H37N7O. The lowest BCUT2D eigenvalue weighted by Gasteiger charge is -2.35. The first-order valence-electron chi connectivity index (χ1n) is 13.6. The van der Waals surface area contributed by atoms with Crippen molar-refractivity contribution in [2.45, 2.75) is 33.3 Å². The van der Waals surface area contributed by atoms with Crippen molar-refractivity contribution in [1.82, 2.24) is 19.5 Å². The van der Waals surface area contributed by atoms with Crippen molar-refractivity contribution in [3.8, 4) is 17.2 Å². The van der Waals surface area contributed by atoms with Crippen molar-refractivity contribution < 1.29 is 5.11 Å². The lowest BCUT2D eigenvalue weighted by Crippen LogP contribution is -2.47. The van der Waals surface area contributed by atoms with Crippen LogP contribution in [-0.2, 0) is 0 Å². The molecule has 8 heteroatoms. The van der Waals surface area contributed by atoms with E-state index < -0.39 is 0 Å². The van der Waals surface area contributed by atoms with Crippen LogP contribution in [0.3, 0.4) is 0 Å². The molecular weight excluding hydrogens is 474 g/mol. The summed E-state index contributed by atoms with van der Waals surface area (Å²) in [5.41, 5.74) is 5.55. The molecule has 8 nitrogen and oxygen atoms in total. The van der Waals surface area contributed by atoms with E-state index in [1.165, 1.54) is 5.57 Å². The van der Waals surface area contributed by atoms with Gasteiger partial charge in [-0.2, -0.15) is 10.4 Å². The molecule has 198 valence electrons. The molecule has 0 spiro atoms. The number of nitrogens with zero attached hydrogens (tertiary/aromatic N) is 7. The van der Waals surface area contributed by atoms with Gasteiger partial charge >= 0.3 is 0 Å². The van der Waals surface area contributed by atoms with Crippen molar-refractivity contribution in [1.29, 1.82) is 5.26 Å². The standard InChI is InChI=1S/C30H37N7O/c1-4-23(6-5-22(2)3)19-34-11-13-35(14-12-34)29-8-7-24(17-32-29)28-15-26(36-10-9-27(38)21-36)20-37-30(28)25(16-31)18-33-37/h4-8,15,17-18,20,22,27,38H,9-14,19,21H2,1-3H3/b6-5-,23-4+. The van der Waals surface area contributed by atoms with E-state index in [9.17, 15) is 10.4 Å². The maximum Gasteiger partial charge on any atom is 0.128 e. The molecule has 2 aliphatic heterocycles. The number of aliphatic hydroxyl groups is 1. The topological polar surface area (TPSA) is 83.9 Å². The van der Waals surface area contributed by atoms with Crippen LogP contribution < -0.4 is 9.80 Å². The fourth-order valence-electron chi connectivity index (χ4n) is 5.24. The summed E-state index contributed by atoms with van der Waals surface area (Å²) in [6.45, 7) is 12.8. The Kier molecular flexibility index (Phi) is 7.77. The van der Waals surface area contributed by atoms with Crippen molar-refractivity contribution in [2.24, 2.45) is 5.92 Å². The zero-order valence-electron chi connectivity index (χ0n) is 22.6. The number of pyridine rings is 2. The van der Waals surface area contributed by atoms with Crippen LogP contribution in [0.1, 0.15) is 32.8 Å². The van der Waals surface area contributed by atoms with Crippen molar-refractivity contribution in [2.75, 3.05) is 55.6 Å². The van der Waals surface area contributed by atoms with Crippen LogP contribution in [0.15, 0.2) is 60.6 Å². The molecule has 0 radical (unpaired) electrons. The second-order valence-electron chi connectivity index (χ2n) is 10.6. The summed E-state index contributed by atoms with van der Waals surface area (Å²) in [6.07, 6.45) is 12.6. The number of rotatable bonds is 7. The van der Waals surface area contributed by atoms with Crippen LogP contribution in [0.5, 0.6) is 0 Å². The fraction of sp³-hybridized carbons (Fsp3) is 0.433. The van der Waals surface area contributed by atoms with E-state index >= 15 is 0 Å². The molecule has 1 unspecified atom stereocenters. The lowest BCUT2D eigenvalue weighted by molar-refractivity contribution is 0.198. The van der Waals surface area contributed by atoms with E-state index in [1.54, 1.807) is 10.7 Å². The average Bonchev–Trinajstić information content (AvgIpc) is 3.57. The second-order valence-corrected chi connectivity index (χ2v) is 10.6. The van der Waals surface area contributed by atoms with Gasteiger partial charge in [0.2, 0.25) is 0 Å².